The van der Waals surface area contributed by atoms with Gasteiger partial charge in [0.1, 0.15) is 0 Å². The Morgan fingerprint density at radius 1 is 0.872 bits per heavy atom. The van der Waals surface area contributed by atoms with Crippen LogP contribution in [0, 0.1) is 0 Å². The van der Waals surface area contributed by atoms with Gasteiger partial charge in [-0.3, -0.25) is 19.4 Å². The summed E-state index contributed by atoms with van der Waals surface area (Å²) in [5, 5.41) is 5.34. The van der Waals surface area contributed by atoms with Crippen molar-refractivity contribution in [3.63, 3.8) is 0 Å². The maximum Gasteiger partial charge on any atom is 0.254 e. The molecule has 2 aromatic carbocycles. The van der Waals surface area contributed by atoms with E-state index in [1.54, 1.807) is 11.3 Å². The van der Waals surface area contributed by atoms with E-state index in [1.165, 1.54) is 5.56 Å². The number of amides is 2. The molecule has 1 saturated carbocycles. The minimum absolute atomic E-state index is 0.0269. The third-order valence-corrected chi connectivity index (χ3v) is 9.60. The number of rotatable bonds is 8. The number of carbonyl (C=O) groups is 2. The van der Waals surface area contributed by atoms with E-state index < -0.39 is 5.92 Å². The first kappa shape index (κ1) is 26.2. The van der Waals surface area contributed by atoms with Crippen LogP contribution < -0.4 is 5.32 Å². The van der Waals surface area contributed by atoms with Crippen molar-refractivity contribution in [3.05, 3.63) is 93.7 Å². The van der Waals surface area contributed by atoms with Gasteiger partial charge in [-0.25, -0.2) is 0 Å². The Bertz CT molecular complexity index is 1250. The summed E-state index contributed by atoms with van der Waals surface area (Å²) in [6.45, 7) is 6.55. The van der Waals surface area contributed by atoms with Crippen molar-refractivity contribution in [1.29, 1.82) is 0 Å². The van der Waals surface area contributed by atoms with Crippen LogP contribution in [0.4, 0.5) is 0 Å². The van der Waals surface area contributed by atoms with Crippen LogP contribution >= 0.6 is 11.3 Å². The Kier molecular flexibility index (Phi) is 8.09. The van der Waals surface area contributed by atoms with Crippen LogP contribution in [0.5, 0.6) is 0 Å². The molecule has 6 rings (SSSR count). The van der Waals surface area contributed by atoms with E-state index in [1.807, 2.05) is 30.3 Å². The molecule has 3 aromatic rings. The molecule has 204 valence electrons. The summed E-state index contributed by atoms with van der Waals surface area (Å²) in [6.07, 6.45) is 4.31. The molecule has 1 N–H and O–H groups in total. The molecule has 1 aliphatic carbocycles. The molecule has 3 aliphatic rings. The smallest absolute Gasteiger partial charge is 0.254 e. The number of hydrogen-bond acceptors (Lipinski definition) is 5. The standard InChI is InChI=1S/C32H38N4O2S/c37-31(33-16-17-34-18-20-35(21-19-34)23-24-9-2-1-3-10-24)29-26-13-6-7-14-27(26)32(38)36(25-11-4-5-12-25)30(29)28-15-8-22-39-28/h1-3,6-10,13-15,22,25,29-30H,4-5,11-12,16-21,23H2,(H,33,37)/t29-,30+/m1/s1. The van der Waals surface area contributed by atoms with Crippen molar-refractivity contribution in [2.75, 3.05) is 39.3 Å². The van der Waals surface area contributed by atoms with E-state index in [-0.39, 0.29) is 23.9 Å². The van der Waals surface area contributed by atoms with E-state index in [4.69, 9.17) is 0 Å². The molecule has 1 saturated heterocycles. The van der Waals surface area contributed by atoms with Crippen molar-refractivity contribution < 1.29 is 9.59 Å². The highest BCUT2D eigenvalue weighted by Crippen LogP contribution is 2.47. The number of nitrogens with one attached hydrogen (secondary N) is 1. The zero-order chi connectivity index (χ0) is 26.6. The molecule has 0 radical (unpaired) electrons. The summed E-state index contributed by atoms with van der Waals surface area (Å²) < 4.78 is 0. The van der Waals surface area contributed by atoms with Gasteiger partial charge in [0.15, 0.2) is 0 Å². The maximum atomic E-state index is 14.0. The lowest BCUT2D eigenvalue weighted by Crippen LogP contribution is -2.51. The van der Waals surface area contributed by atoms with E-state index in [0.717, 1.165) is 75.4 Å². The number of nitrogens with zero attached hydrogens (tertiary/aromatic N) is 3. The summed E-state index contributed by atoms with van der Waals surface area (Å²) in [7, 11) is 0. The fourth-order valence-electron chi connectivity index (χ4n) is 6.64. The predicted molar refractivity (Wildman–Crippen MR) is 156 cm³/mol. The fourth-order valence-corrected chi connectivity index (χ4v) is 7.50. The Hall–Kier alpha value is -3.00. The lowest BCUT2D eigenvalue weighted by atomic mass is 9.80. The number of thiophene rings is 1. The van der Waals surface area contributed by atoms with Crippen LogP contribution in [0.1, 0.15) is 64.0 Å². The van der Waals surface area contributed by atoms with Gasteiger partial charge in [-0.2, -0.15) is 0 Å². The normalized spacial score (nSPS) is 22.7. The van der Waals surface area contributed by atoms with Gasteiger partial charge < -0.3 is 10.2 Å². The number of piperazine rings is 1. The molecular formula is C32H38N4O2S. The van der Waals surface area contributed by atoms with Crippen LogP contribution in [-0.2, 0) is 11.3 Å². The molecule has 2 amide bonds. The van der Waals surface area contributed by atoms with Gasteiger partial charge in [0, 0.05) is 62.3 Å². The van der Waals surface area contributed by atoms with E-state index in [9.17, 15) is 9.59 Å². The third kappa shape index (κ3) is 5.67. The molecule has 3 heterocycles. The zero-order valence-electron chi connectivity index (χ0n) is 22.5. The third-order valence-electron chi connectivity index (χ3n) is 8.65. The summed E-state index contributed by atoms with van der Waals surface area (Å²) in [4.78, 5) is 35.9. The second-order valence-corrected chi connectivity index (χ2v) is 12.0. The Labute approximate surface area is 235 Å². The summed E-state index contributed by atoms with van der Waals surface area (Å²) >= 11 is 1.65. The van der Waals surface area contributed by atoms with Crippen LogP contribution in [0.15, 0.2) is 72.1 Å². The Morgan fingerprint density at radius 3 is 2.33 bits per heavy atom. The second-order valence-electron chi connectivity index (χ2n) is 11.1. The van der Waals surface area contributed by atoms with E-state index >= 15 is 0 Å². The van der Waals surface area contributed by atoms with E-state index in [2.05, 4.69) is 61.8 Å². The van der Waals surface area contributed by atoms with Crippen molar-refractivity contribution in [2.45, 2.75) is 50.2 Å². The van der Waals surface area contributed by atoms with Crippen molar-refractivity contribution in [2.24, 2.45) is 0 Å². The second kappa shape index (κ2) is 12.0. The molecular weight excluding hydrogens is 504 g/mol. The van der Waals surface area contributed by atoms with Gasteiger partial charge >= 0.3 is 0 Å². The Balaban J connectivity index is 1.13. The number of hydrogen-bond donors (Lipinski definition) is 1. The number of benzene rings is 2. The zero-order valence-corrected chi connectivity index (χ0v) is 23.3. The molecule has 2 atom stereocenters. The molecule has 39 heavy (non-hydrogen) atoms. The van der Waals surface area contributed by atoms with Gasteiger partial charge in [0.2, 0.25) is 5.91 Å². The minimum atomic E-state index is -0.402. The summed E-state index contributed by atoms with van der Waals surface area (Å²) in [5.74, 6) is -0.298. The highest BCUT2D eigenvalue weighted by atomic mass is 32.1. The predicted octanol–water partition coefficient (Wildman–Crippen LogP) is 4.91. The molecule has 0 bridgehead atoms. The number of fused-ring (bicyclic) bond motifs is 1. The SMILES string of the molecule is O=C(NCCN1CCN(Cc2ccccc2)CC1)[C@@H]1c2ccccc2C(=O)N(C2CCCC2)[C@H]1c1cccs1. The van der Waals surface area contributed by atoms with Crippen molar-refractivity contribution in [1.82, 2.24) is 20.0 Å². The fraction of sp³-hybridized carbons (Fsp3) is 0.438. The van der Waals surface area contributed by atoms with Crippen molar-refractivity contribution in [3.8, 4) is 0 Å². The summed E-state index contributed by atoms with van der Waals surface area (Å²) in [6, 6.07) is 22.5. The van der Waals surface area contributed by atoms with Crippen LogP contribution in [0.3, 0.4) is 0 Å². The molecule has 2 aliphatic heterocycles. The first-order valence-corrected chi connectivity index (χ1v) is 15.3. The molecule has 6 nitrogen and oxygen atoms in total. The van der Waals surface area contributed by atoms with E-state index in [0.29, 0.717) is 12.1 Å². The van der Waals surface area contributed by atoms with Gasteiger partial charge in [0.25, 0.3) is 5.91 Å². The molecule has 2 fully saturated rings. The lowest BCUT2D eigenvalue weighted by Gasteiger charge is -2.44. The topological polar surface area (TPSA) is 55.9 Å². The van der Waals surface area contributed by atoms with Gasteiger partial charge in [0.05, 0.1) is 12.0 Å². The van der Waals surface area contributed by atoms with Crippen LogP contribution in [-0.4, -0.2) is 71.8 Å². The molecule has 1 aromatic heterocycles. The largest absolute Gasteiger partial charge is 0.354 e. The van der Waals surface area contributed by atoms with Crippen LogP contribution in [0.2, 0.25) is 0 Å². The first-order valence-electron chi connectivity index (χ1n) is 14.4. The highest BCUT2D eigenvalue weighted by Gasteiger charge is 2.47. The first-order chi connectivity index (χ1) is 19.2. The average Bonchev–Trinajstić information content (AvgIpc) is 3.70. The minimum Gasteiger partial charge on any atom is -0.354 e. The van der Waals surface area contributed by atoms with Crippen LogP contribution in [0.25, 0.3) is 0 Å². The summed E-state index contributed by atoms with van der Waals surface area (Å²) in [5.41, 5.74) is 2.91. The quantitative estimate of drug-likeness (QED) is 0.440. The maximum absolute atomic E-state index is 14.0. The lowest BCUT2D eigenvalue weighted by molar-refractivity contribution is -0.124. The monoisotopic (exact) mass is 542 g/mol. The average molecular weight is 543 g/mol. The van der Waals surface area contributed by atoms with Gasteiger partial charge in [-0.1, -0.05) is 67.4 Å². The molecule has 0 unspecified atom stereocenters. The molecule has 7 heteroatoms. The highest BCUT2D eigenvalue weighted by molar-refractivity contribution is 7.10. The molecule has 0 spiro atoms. The Morgan fingerprint density at radius 2 is 1.59 bits per heavy atom. The number of carbonyl (C=O) groups excluding carboxylic acids is 2. The van der Waals surface area contributed by atoms with Gasteiger partial charge in [-0.15, -0.1) is 11.3 Å². The van der Waals surface area contributed by atoms with Crippen molar-refractivity contribution >= 4 is 23.2 Å². The van der Waals surface area contributed by atoms with Gasteiger partial charge in [-0.05, 0) is 41.5 Å².